The van der Waals surface area contributed by atoms with Crippen LogP contribution in [0.4, 0.5) is 0 Å². The number of Topliss-reactive ketones (excluding diaryl/α,β-unsaturated/α-hetero) is 1. The van der Waals surface area contributed by atoms with Gasteiger partial charge in [-0.3, -0.25) is 4.79 Å². The summed E-state index contributed by atoms with van der Waals surface area (Å²) in [5.74, 6) is 0.388. The van der Waals surface area contributed by atoms with E-state index in [1.165, 1.54) is 0 Å². The number of hydrogen-bond acceptors (Lipinski definition) is 5. The van der Waals surface area contributed by atoms with Gasteiger partial charge in [0, 0.05) is 12.0 Å². The lowest BCUT2D eigenvalue weighted by Crippen LogP contribution is -2.15. The first kappa shape index (κ1) is 17.0. The Bertz CT molecular complexity index is 810. The summed E-state index contributed by atoms with van der Waals surface area (Å²) in [7, 11) is 0. The number of fused-ring (bicyclic) bond motifs is 1. The third kappa shape index (κ3) is 3.99. The lowest BCUT2D eigenvalue weighted by Gasteiger charge is -2.10. The number of rotatable bonds is 4. The summed E-state index contributed by atoms with van der Waals surface area (Å²) in [6, 6.07) is 10.5. The number of ether oxygens (including phenoxy) is 3. The first-order chi connectivity index (χ1) is 12.0. The lowest BCUT2D eigenvalue weighted by atomic mass is 10.1. The van der Waals surface area contributed by atoms with Gasteiger partial charge in [-0.1, -0.05) is 17.7 Å². The Morgan fingerprint density at radius 1 is 1.00 bits per heavy atom. The summed E-state index contributed by atoms with van der Waals surface area (Å²) in [6.45, 7) is 4.62. The molecule has 25 heavy (non-hydrogen) atoms. The van der Waals surface area contributed by atoms with E-state index in [1.807, 2.05) is 26.0 Å². The topological polar surface area (TPSA) is 61.8 Å². The van der Waals surface area contributed by atoms with Crippen molar-refractivity contribution >= 4 is 11.8 Å². The summed E-state index contributed by atoms with van der Waals surface area (Å²) in [5, 5.41) is 0. The van der Waals surface area contributed by atoms with E-state index in [0.717, 1.165) is 17.5 Å². The number of ketones is 1. The molecule has 0 saturated carbocycles. The van der Waals surface area contributed by atoms with E-state index >= 15 is 0 Å². The van der Waals surface area contributed by atoms with Crippen LogP contribution in [0.3, 0.4) is 0 Å². The predicted molar refractivity (Wildman–Crippen MR) is 92.6 cm³/mol. The number of esters is 1. The van der Waals surface area contributed by atoms with Crippen molar-refractivity contribution in [2.75, 3.05) is 19.8 Å². The molecule has 0 spiro atoms. The number of benzene rings is 2. The van der Waals surface area contributed by atoms with Crippen LogP contribution in [0.1, 0.15) is 38.3 Å². The summed E-state index contributed by atoms with van der Waals surface area (Å²) in [4.78, 5) is 24.5. The average Bonchev–Trinajstić information content (AvgIpc) is 2.84. The normalized spacial score (nSPS) is 13.0. The zero-order chi connectivity index (χ0) is 17.8. The highest BCUT2D eigenvalue weighted by Gasteiger charge is 2.17. The Morgan fingerprint density at radius 2 is 1.76 bits per heavy atom. The fraction of sp³-hybridized carbons (Fsp3) is 0.300. The molecule has 0 saturated heterocycles. The highest BCUT2D eigenvalue weighted by Crippen LogP contribution is 2.30. The van der Waals surface area contributed by atoms with E-state index in [0.29, 0.717) is 35.8 Å². The highest BCUT2D eigenvalue weighted by atomic mass is 16.5. The SMILES string of the molecule is Cc1ccc(C(=O)OCC(=O)c2ccc3c(c2)OCCCO3)c(C)c1. The van der Waals surface area contributed by atoms with E-state index in [4.69, 9.17) is 14.2 Å². The van der Waals surface area contributed by atoms with Gasteiger partial charge in [0.25, 0.3) is 0 Å². The van der Waals surface area contributed by atoms with Crippen LogP contribution in [0.25, 0.3) is 0 Å². The van der Waals surface area contributed by atoms with Gasteiger partial charge in [-0.05, 0) is 43.7 Å². The maximum absolute atomic E-state index is 12.3. The number of aryl methyl sites for hydroxylation is 2. The molecule has 5 heteroatoms. The largest absolute Gasteiger partial charge is 0.490 e. The van der Waals surface area contributed by atoms with Gasteiger partial charge in [-0.25, -0.2) is 4.79 Å². The molecule has 0 fully saturated rings. The van der Waals surface area contributed by atoms with E-state index in [-0.39, 0.29) is 12.4 Å². The summed E-state index contributed by atoms with van der Waals surface area (Å²) >= 11 is 0. The molecule has 130 valence electrons. The van der Waals surface area contributed by atoms with Gasteiger partial charge < -0.3 is 14.2 Å². The fourth-order valence-corrected chi connectivity index (χ4v) is 2.67. The molecule has 0 amide bonds. The Kier molecular flexibility index (Phi) is 5.03. The molecular formula is C20H20O5. The van der Waals surface area contributed by atoms with Crippen molar-refractivity contribution in [2.45, 2.75) is 20.3 Å². The van der Waals surface area contributed by atoms with Gasteiger partial charge in [-0.15, -0.1) is 0 Å². The number of carbonyl (C=O) groups is 2. The summed E-state index contributed by atoms with van der Waals surface area (Å²) < 4.78 is 16.3. The van der Waals surface area contributed by atoms with Crippen molar-refractivity contribution < 1.29 is 23.8 Å². The Morgan fingerprint density at radius 3 is 2.52 bits per heavy atom. The van der Waals surface area contributed by atoms with Crippen LogP contribution in [-0.2, 0) is 4.74 Å². The molecule has 2 aromatic rings. The van der Waals surface area contributed by atoms with Gasteiger partial charge in [0.1, 0.15) is 0 Å². The summed E-state index contributed by atoms with van der Waals surface area (Å²) in [5.41, 5.74) is 2.79. The fourth-order valence-electron chi connectivity index (χ4n) is 2.67. The van der Waals surface area contributed by atoms with Crippen molar-refractivity contribution in [3.05, 3.63) is 58.7 Å². The Hall–Kier alpha value is -2.82. The lowest BCUT2D eigenvalue weighted by molar-refractivity contribution is 0.0474. The quantitative estimate of drug-likeness (QED) is 0.630. The molecule has 0 bridgehead atoms. The van der Waals surface area contributed by atoms with Gasteiger partial charge in [0.2, 0.25) is 0 Å². The van der Waals surface area contributed by atoms with Crippen LogP contribution in [-0.4, -0.2) is 31.6 Å². The van der Waals surface area contributed by atoms with Crippen molar-refractivity contribution in [2.24, 2.45) is 0 Å². The maximum atomic E-state index is 12.3. The third-order valence-electron chi connectivity index (χ3n) is 4.01. The molecule has 5 nitrogen and oxygen atoms in total. The van der Waals surface area contributed by atoms with E-state index in [1.54, 1.807) is 24.3 Å². The van der Waals surface area contributed by atoms with Gasteiger partial charge in [-0.2, -0.15) is 0 Å². The molecule has 2 aromatic carbocycles. The summed E-state index contributed by atoms with van der Waals surface area (Å²) in [6.07, 6.45) is 0.797. The second kappa shape index (κ2) is 7.38. The Balaban J connectivity index is 1.66. The third-order valence-corrected chi connectivity index (χ3v) is 4.01. The van der Waals surface area contributed by atoms with Crippen LogP contribution >= 0.6 is 0 Å². The number of hydrogen-bond donors (Lipinski definition) is 0. The number of carbonyl (C=O) groups excluding carboxylic acids is 2. The second-order valence-corrected chi connectivity index (χ2v) is 6.03. The molecule has 0 radical (unpaired) electrons. The van der Waals surface area contributed by atoms with E-state index in [2.05, 4.69) is 0 Å². The molecule has 0 aliphatic carbocycles. The minimum absolute atomic E-state index is 0.284. The van der Waals surface area contributed by atoms with E-state index in [9.17, 15) is 9.59 Å². The zero-order valence-corrected chi connectivity index (χ0v) is 14.3. The van der Waals surface area contributed by atoms with E-state index < -0.39 is 5.97 Å². The highest BCUT2D eigenvalue weighted by molar-refractivity contribution is 6.00. The molecule has 0 atom stereocenters. The Labute approximate surface area is 146 Å². The molecule has 1 aliphatic heterocycles. The average molecular weight is 340 g/mol. The zero-order valence-electron chi connectivity index (χ0n) is 14.3. The standard InChI is InChI=1S/C20H20O5/c1-13-4-6-16(14(2)10-13)20(22)25-12-17(21)15-5-7-18-19(11-15)24-9-3-8-23-18/h4-7,10-11H,3,8-9,12H2,1-2H3. The molecule has 1 heterocycles. The smallest absolute Gasteiger partial charge is 0.338 e. The molecular weight excluding hydrogens is 320 g/mol. The molecule has 0 N–H and O–H groups in total. The monoisotopic (exact) mass is 340 g/mol. The van der Waals surface area contributed by atoms with Crippen molar-refractivity contribution in [3.63, 3.8) is 0 Å². The van der Waals surface area contributed by atoms with Crippen molar-refractivity contribution in [3.8, 4) is 11.5 Å². The van der Waals surface area contributed by atoms with Gasteiger partial charge >= 0.3 is 5.97 Å². The first-order valence-electron chi connectivity index (χ1n) is 8.22. The van der Waals surface area contributed by atoms with Crippen LogP contribution < -0.4 is 9.47 Å². The minimum Gasteiger partial charge on any atom is -0.490 e. The van der Waals surface area contributed by atoms with Gasteiger partial charge in [0.15, 0.2) is 23.9 Å². The molecule has 3 rings (SSSR count). The predicted octanol–water partition coefficient (Wildman–Crippen LogP) is 3.50. The van der Waals surface area contributed by atoms with Gasteiger partial charge in [0.05, 0.1) is 18.8 Å². The van der Waals surface area contributed by atoms with Crippen LogP contribution in [0.5, 0.6) is 11.5 Å². The molecule has 0 unspecified atom stereocenters. The van der Waals surface area contributed by atoms with Crippen LogP contribution in [0.2, 0.25) is 0 Å². The molecule has 0 aromatic heterocycles. The van der Waals surface area contributed by atoms with Crippen LogP contribution in [0.15, 0.2) is 36.4 Å². The van der Waals surface area contributed by atoms with Crippen LogP contribution in [0, 0.1) is 13.8 Å². The van der Waals surface area contributed by atoms with Crippen molar-refractivity contribution in [1.29, 1.82) is 0 Å². The first-order valence-corrected chi connectivity index (χ1v) is 8.22. The maximum Gasteiger partial charge on any atom is 0.338 e. The van der Waals surface area contributed by atoms with Crippen molar-refractivity contribution in [1.82, 2.24) is 0 Å². The molecule has 1 aliphatic rings. The minimum atomic E-state index is -0.500. The second-order valence-electron chi connectivity index (χ2n) is 6.03.